The first-order valence-electron chi connectivity index (χ1n) is 8.25. The van der Waals surface area contributed by atoms with E-state index in [4.69, 9.17) is 4.74 Å². The van der Waals surface area contributed by atoms with E-state index in [1.54, 1.807) is 13.8 Å². The Kier molecular flexibility index (Phi) is 4.48. The van der Waals surface area contributed by atoms with Gasteiger partial charge in [-0.2, -0.15) is 0 Å². The van der Waals surface area contributed by atoms with Crippen LogP contribution in [0, 0.1) is 10.1 Å². The van der Waals surface area contributed by atoms with Gasteiger partial charge in [-0.05, 0) is 26.0 Å². The molecule has 1 aromatic heterocycles. The summed E-state index contributed by atoms with van der Waals surface area (Å²) in [7, 11) is 0. The highest BCUT2D eigenvalue weighted by molar-refractivity contribution is 5.88. The number of nitro groups is 1. The Labute approximate surface area is 154 Å². The monoisotopic (exact) mass is 373 g/mol. The number of hydrogen-bond acceptors (Lipinski definition) is 6. The van der Waals surface area contributed by atoms with Crippen molar-refractivity contribution in [2.45, 2.75) is 38.5 Å². The van der Waals surface area contributed by atoms with E-state index in [0.717, 1.165) is 0 Å². The minimum absolute atomic E-state index is 0.180. The number of carbonyl (C=O) groups excluding carboxylic acids is 1. The van der Waals surface area contributed by atoms with Crippen LogP contribution in [0.4, 0.5) is 11.4 Å². The quantitative estimate of drug-likeness (QED) is 0.625. The van der Waals surface area contributed by atoms with Crippen LogP contribution in [0.5, 0.6) is 5.75 Å². The van der Waals surface area contributed by atoms with Gasteiger partial charge in [0.1, 0.15) is 17.5 Å². The van der Waals surface area contributed by atoms with Crippen LogP contribution in [0.25, 0.3) is 0 Å². The first-order chi connectivity index (χ1) is 12.6. The summed E-state index contributed by atoms with van der Waals surface area (Å²) >= 11 is 0. The molecule has 2 unspecified atom stereocenters. The lowest BCUT2D eigenvalue weighted by Gasteiger charge is -2.42. The van der Waals surface area contributed by atoms with Gasteiger partial charge in [0.25, 0.3) is 11.2 Å². The van der Waals surface area contributed by atoms with E-state index in [1.165, 1.54) is 48.0 Å². The molecule has 27 heavy (non-hydrogen) atoms. The van der Waals surface area contributed by atoms with E-state index in [-0.39, 0.29) is 11.6 Å². The number of non-ortho nitro benzene ring substituents is 1. The maximum absolute atomic E-state index is 12.5. The van der Waals surface area contributed by atoms with Crippen LogP contribution < -0.4 is 15.6 Å². The molecule has 1 aliphatic rings. The SMILES string of the molecule is CC(=O)Nc1ccc(=O)n(C2c3cc([N+](=O)[O-])ccc3OC(C)(C)C2O)c1. The highest BCUT2D eigenvalue weighted by Crippen LogP contribution is 2.42. The van der Waals surface area contributed by atoms with E-state index in [2.05, 4.69) is 5.32 Å². The van der Waals surface area contributed by atoms with Crippen molar-refractivity contribution < 1.29 is 19.6 Å². The summed E-state index contributed by atoms with van der Waals surface area (Å²) in [4.78, 5) is 34.4. The molecule has 0 bridgehead atoms. The second-order valence-electron chi connectivity index (χ2n) is 6.92. The van der Waals surface area contributed by atoms with Crippen molar-refractivity contribution in [3.05, 3.63) is 62.6 Å². The van der Waals surface area contributed by atoms with Crippen LogP contribution in [-0.2, 0) is 4.79 Å². The number of ether oxygens (including phenoxy) is 1. The summed E-state index contributed by atoms with van der Waals surface area (Å²) in [6, 6.07) is 5.83. The number of pyridine rings is 1. The van der Waals surface area contributed by atoms with Gasteiger partial charge in [0.05, 0.1) is 16.7 Å². The fraction of sp³-hybridized carbons (Fsp3) is 0.333. The number of rotatable bonds is 3. The molecule has 2 heterocycles. The number of benzene rings is 1. The Morgan fingerprint density at radius 3 is 2.67 bits per heavy atom. The van der Waals surface area contributed by atoms with Crippen molar-refractivity contribution >= 4 is 17.3 Å². The van der Waals surface area contributed by atoms with Crippen LogP contribution in [0.15, 0.2) is 41.3 Å². The van der Waals surface area contributed by atoms with Crippen LogP contribution in [0.3, 0.4) is 0 Å². The zero-order valence-corrected chi connectivity index (χ0v) is 15.0. The summed E-state index contributed by atoms with van der Waals surface area (Å²) in [5.74, 6) is 0.0295. The van der Waals surface area contributed by atoms with Crippen LogP contribution in [-0.4, -0.2) is 32.2 Å². The number of nitro benzene ring substituents is 1. The van der Waals surface area contributed by atoms with Crippen molar-refractivity contribution in [2.75, 3.05) is 5.32 Å². The molecule has 2 N–H and O–H groups in total. The van der Waals surface area contributed by atoms with Gasteiger partial charge in [0.15, 0.2) is 0 Å². The summed E-state index contributed by atoms with van der Waals surface area (Å²) < 4.78 is 7.05. The van der Waals surface area contributed by atoms with Crippen molar-refractivity contribution in [1.29, 1.82) is 0 Å². The molecule has 0 spiro atoms. The summed E-state index contributed by atoms with van der Waals surface area (Å²) in [5.41, 5.74) is -0.968. The zero-order valence-electron chi connectivity index (χ0n) is 15.0. The third kappa shape index (κ3) is 3.41. The minimum Gasteiger partial charge on any atom is -0.485 e. The van der Waals surface area contributed by atoms with E-state index >= 15 is 0 Å². The minimum atomic E-state index is -1.17. The van der Waals surface area contributed by atoms with Gasteiger partial charge in [-0.1, -0.05) is 0 Å². The van der Waals surface area contributed by atoms with Crippen LogP contribution in [0.2, 0.25) is 0 Å². The van der Waals surface area contributed by atoms with Crippen molar-refractivity contribution in [1.82, 2.24) is 4.57 Å². The lowest BCUT2D eigenvalue weighted by molar-refractivity contribution is -0.385. The number of aliphatic hydroxyl groups is 1. The van der Waals surface area contributed by atoms with Crippen molar-refractivity contribution in [3.8, 4) is 5.75 Å². The molecule has 1 amide bonds. The molecule has 0 fully saturated rings. The Morgan fingerprint density at radius 1 is 1.33 bits per heavy atom. The molecule has 0 saturated heterocycles. The van der Waals surface area contributed by atoms with E-state index in [1.807, 2.05) is 0 Å². The molecule has 3 rings (SSSR count). The highest BCUT2D eigenvalue weighted by atomic mass is 16.6. The molecule has 1 aromatic carbocycles. The second kappa shape index (κ2) is 6.51. The third-order valence-corrected chi connectivity index (χ3v) is 4.47. The Hall–Kier alpha value is -3.20. The predicted octanol–water partition coefficient (Wildman–Crippen LogP) is 1.84. The average Bonchev–Trinajstić information content (AvgIpc) is 2.57. The number of nitrogens with one attached hydrogen (secondary N) is 1. The normalized spacial score (nSPS) is 20.3. The number of aliphatic hydroxyl groups excluding tert-OH is 1. The Bertz CT molecular complexity index is 981. The van der Waals surface area contributed by atoms with Gasteiger partial charge < -0.3 is 19.7 Å². The topological polar surface area (TPSA) is 124 Å². The molecule has 0 radical (unpaired) electrons. The molecule has 1 aliphatic heterocycles. The number of carbonyl (C=O) groups is 1. The summed E-state index contributed by atoms with van der Waals surface area (Å²) in [6.45, 7) is 4.66. The van der Waals surface area contributed by atoms with Crippen LogP contribution in [0.1, 0.15) is 32.4 Å². The fourth-order valence-corrected chi connectivity index (χ4v) is 3.17. The number of aromatic nitrogens is 1. The zero-order chi connectivity index (χ0) is 19.9. The predicted molar refractivity (Wildman–Crippen MR) is 97.0 cm³/mol. The number of hydrogen-bond donors (Lipinski definition) is 2. The standard InChI is InChI=1S/C18H19N3O6/c1-10(22)19-11-4-7-15(23)20(9-11)16-13-8-12(21(25)26)5-6-14(13)27-18(2,3)17(16)24/h4-9,16-17,24H,1-3H3,(H,19,22). The second-order valence-corrected chi connectivity index (χ2v) is 6.92. The summed E-state index contributed by atoms with van der Waals surface area (Å²) in [6.07, 6.45) is 0.235. The van der Waals surface area contributed by atoms with Crippen molar-refractivity contribution in [3.63, 3.8) is 0 Å². The lowest BCUT2D eigenvalue weighted by Crippen LogP contribution is -2.52. The van der Waals surface area contributed by atoms with Gasteiger partial charge >= 0.3 is 0 Å². The van der Waals surface area contributed by atoms with Gasteiger partial charge in [-0.25, -0.2) is 0 Å². The maximum Gasteiger partial charge on any atom is 0.270 e. The van der Waals surface area contributed by atoms with Gasteiger partial charge in [0, 0.05) is 36.9 Å². The van der Waals surface area contributed by atoms with Gasteiger partial charge in [0.2, 0.25) is 5.91 Å². The Balaban J connectivity index is 2.22. The van der Waals surface area contributed by atoms with Gasteiger partial charge in [-0.3, -0.25) is 19.7 Å². The molecule has 2 aromatic rings. The van der Waals surface area contributed by atoms with E-state index < -0.39 is 28.2 Å². The molecule has 9 heteroatoms. The smallest absolute Gasteiger partial charge is 0.270 e. The molecular weight excluding hydrogens is 354 g/mol. The molecule has 0 saturated carbocycles. The maximum atomic E-state index is 12.5. The molecule has 2 atom stereocenters. The molecule has 9 nitrogen and oxygen atoms in total. The first-order valence-corrected chi connectivity index (χ1v) is 8.25. The highest BCUT2D eigenvalue weighted by Gasteiger charge is 2.44. The molecule has 0 aliphatic carbocycles. The van der Waals surface area contributed by atoms with Gasteiger partial charge in [-0.15, -0.1) is 0 Å². The van der Waals surface area contributed by atoms with E-state index in [9.17, 15) is 24.8 Å². The largest absolute Gasteiger partial charge is 0.485 e. The lowest BCUT2D eigenvalue weighted by atomic mass is 9.86. The average molecular weight is 373 g/mol. The fourth-order valence-electron chi connectivity index (χ4n) is 3.17. The number of anilines is 1. The molecule has 142 valence electrons. The molecular formula is C18H19N3O6. The van der Waals surface area contributed by atoms with Crippen LogP contribution >= 0.6 is 0 Å². The number of nitrogens with zero attached hydrogens (tertiary/aromatic N) is 2. The Morgan fingerprint density at radius 2 is 2.04 bits per heavy atom. The van der Waals surface area contributed by atoms with E-state index in [0.29, 0.717) is 17.0 Å². The number of fused-ring (bicyclic) bond motifs is 1. The first kappa shape index (κ1) is 18.6. The van der Waals surface area contributed by atoms with Crippen molar-refractivity contribution in [2.24, 2.45) is 0 Å². The number of amides is 1. The third-order valence-electron chi connectivity index (χ3n) is 4.47. The summed E-state index contributed by atoms with van der Waals surface area (Å²) in [5, 5.41) is 24.6.